The summed E-state index contributed by atoms with van der Waals surface area (Å²) in [4.78, 5) is 11.5. The van der Waals surface area contributed by atoms with Gasteiger partial charge in [0.2, 0.25) is 0 Å². The third kappa shape index (κ3) is 2.21. The van der Waals surface area contributed by atoms with E-state index in [9.17, 15) is 0 Å². The molecule has 2 aromatic rings. The van der Waals surface area contributed by atoms with Crippen molar-refractivity contribution in [2.75, 3.05) is 11.2 Å². The first-order chi connectivity index (χ1) is 9.19. The first kappa shape index (κ1) is 12.5. The maximum absolute atomic E-state index is 4.69. The Morgan fingerprint density at radius 3 is 2.26 bits per heavy atom. The number of aryl methyl sites for hydroxylation is 1. The van der Waals surface area contributed by atoms with Crippen LogP contribution in [-0.2, 0) is 13.1 Å². The van der Waals surface area contributed by atoms with Crippen LogP contribution in [0.2, 0.25) is 0 Å². The molecule has 1 aromatic heterocycles. The van der Waals surface area contributed by atoms with Crippen molar-refractivity contribution in [3.63, 3.8) is 0 Å². The van der Waals surface area contributed by atoms with Gasteiger partial charge < -0.3 is 4.90 Å². The Morgan fingerprint density at radius 2 is 1.68 bits per heavy atom. The predicted molar refractivity (Wildman–Crippen MR) is 79.6 cm³/mol. The van der Waals surface area contributed by atoms with Crippen LogP contribution in [0.4, 0.5) is 5.82 Å². The molecule has 1 aliphatic heterocycles. The number of nitrogens with zero attached hydrogens (tertiary/aromatic N) is 3. The molecule has 0 unspecified atom stereocenters. The summed E-state index contributed by atoms with van der Waals surface area (Å²) in [6, 6.07) is 8.61. The van der Waals surface area contributed by atoms with E-state index >= 15 is 0 Å². The summed E-state index contributed by atoms with van der Waals surface area (Å²) < 4.78 is 0. The molecule has 0 bridgehead atoms. The molecule has 0 N–H and O–H groups in total. The van der Waals surface area contributed by atoms with Crippen molar-refractivity contribution < 1.29 is 0 Å². The Balaban J connectivity index is 1.99. The van der Waals surface area contributed by atoms with E-state index in [4.69, 9.17) is 4.98 Å². The summed E-state index contributed by atoms with van der Waals surface area (Å²) in [6.45, 7) is 6.06. The van der Waals surface area contributed by atoms with Crippen molar-refractivity contribution in [3.05, 3.63) is 46.6 Å². The van der Waals surface area contributed by atoms with E-state index in [0.717, 1.165) is 29.8 Å². The van der Waals surface area contributed by atoms with Crippen molar-refractivity contribution in [2.45, 2.75) is 32.1 Å². The lowest BCUT2D eigenvalue weighted by atomic mass is 10.1. The molecule has 3 nitrogen and oxygen atoms in total. The molecule has 0 amide bonds. The van der Waals surface area contributed by atoms with Crippen LogP contribution in [0.25, 0.3) is 0 Å². The van der Waals surface area contributed by atoms with Gasteiger partial charge in [-0.1, -0.05) is 36.0 Å². The van der Waals surface area contributed by atoms with Gasteiger partial charge in [-0.25, -0.2) is 9.97 Å². The second-order valence-electron chi connectivity index (χ2n) is 4.87. The van der Waals surface area contributed by atoms with Crippen molar-refractivity contribution in [3.8, 4) is 0 Å². The van der Waals surface area contributed by atoms with Gasteiger partial charge in [0.05, 0.1) is 0 Å². The molecule has 0 radical (unpaired) electrons. The summed E-state index contributed by atoms with van der Waals surface area (Å²) in [5.41, 5.74) is 5.07. The maximum Gasteiger partial charge on any atom is 0.189 e. The van der Waals surface area contributed by atoms with Gasteiger partial charge in [-0.05, 0) is 31.2 Å². The highest BCUT2D eigenvalue weighted by molar-refractivity contribution is 7.98. The number of rotatable bonds is 2. The van der Waals surface area contributed by atoms with Crippen molar-refractivity contribution in [2.24, 2.45) is 0 Å². The average Bonchev–Trinajstić information content (AvgIpc) is 2.85. The molecule has 1 aliphatic rings. The van der Waals surface area contributed by atoms with E-state index < -0.39 is 0 Å². The fourth-order valence-corrected chi connectivity index (χ4v) is 2.88. The molecule has 0 aliphatic carbocycles. The molecule has 0 spiro atoms. The molecule has 0 saturated carbocycles. The molecule has 0 saturated heterocycles. The summed E-state index contributed by atoms with van der Waals surface area (Å²) in [7, 11) is 0. The quantitative estimate of drug-likeness (QED) is 0.619. The second-order valence-corrected chi connectivity index (χ2v) is 5.64. The number of anilines is 1. The topological polar surface area (TPSA) is 29.0 Å². The first-order valence-corrected chi connectivity index (χ1v) is 7.62. The summed E-state index contributed by atoms with van der Waals surface area (Å²) >= 11 is 1.60. The molecule has 4 heteroatoms. The largest absolute Gasteiger partial charge is 0.348 e. The monoisotopic (exact) mass is 271 g/mol. The van der Waals surface area contributed by atoms with E-state index in [1.54, 1.807) is 11.8 Å². The summed E-state index contributed by atoms with van der Waals surface area (Å²) in [6.07, 6.45) is 2.02. The minimum absolute atomic E-state index is 0.856. The molecule has 98 valence electrons. The lowest BCUT2D eigenvalue weighted by molar-refractivity contribution is 0.806. The lowest BCUT2D eigenvalue weighted by Gasteiger charge is -2.20. The Morgan fingerprint density at radius 1 is 1.05 bits per heavy atom. The number of benzene rings is 1. The fraction of sp³-hybridized carbons (Fsp3) is 0.333. The Bertz CT molecular complexity index is 600. The van der Waals surface area contributed by atoms with Crippen molar-refractivity contribution >= 4 is 17.6 Å². The number of aromatic nitrogens is 2. The first-order valence-electron chi connectivity index (χ1n) is 6.40. The highest BCUT2D eigenvalue weighted by atomic mass is 32.2. The maximum atomic E-state index is 4.69. The Kier molecular flexibility index (Phi) is 3.19. The highest BCUT2D eigenvalue weighted by Gasteiger charge is 2.22. The highest BCUT2D eigenvalue weighted by Crippen LogP contribution is 2.30. The Labute approximate surface area is 118 Å². The third-order valence-corrected chi connectivity index (χ3v) is 4.21. The Hall–Kier alpha value is -1.55. The normalized spacial score (nSPS) is 13.7. The van der Waals surface area contributed by atoms with E-state index in [1.165, 1.54) is 16.7 Å². The van der Waals surface area contributed by atoms with Crippen LogP contribution in [0.3, 0.4) is 0 Å². The van der Waals surface area contributed by atoms with Crippen molar-refractivity contribution in [1.82, 2.24) is 9.97 Å². The molecular formula is C15H17N3S. The molecule has 2 heterocycles. The van der Waals surface area contributed by atoms with Crippen molar-refractivity contribution in [1.29, 1.82) is 0 Å². The minimum Gasteiger partial charge on any atom is -0.348 e. The second kappa shape index (κ2) is 4.85. The van der Waals surface area contributed by atoms with Crippen LogP contribution in [0, 0.1) is 13.8 Å². The molecule has 19 heavy (non-hydrogen) atoms. The number of thioether (sulfide) groups is 1. The molecule has 1 aromatic carbocycles. The van der Waals surface area contributed by atoms with Gasteiger partial charge in [-0.3, -0.25) is 0 Å². The molecule has 0 fully saturated rings. The summed E-state index contributed by atoms with van der Waals surface area (Å²) in [5.74, 6) is 1.08. The van der Waals surface area contributed by atoms with Gasteiger partial charge in [0.15, 0.2) is 5.16 Å². The van der Waals surface area contributed by atoms with Crippen LogP contribution < -0.4 is 4.90 Å². The van der Waals surface area contributed by atoms with Gasteiger partial charge in [0.25, 0.3) is 0 Å². The average molecular weight is 271 g/mol. The van der Waals surface area contributed by atoms with Crippen LogP contribution in [0.15, 0.2) is 29.4 Å². The minimum atomic E-state index is 0.856. The van der Waals surface area contributed by atoms with Crippen LogP contribution in [-0.4, -0.2) is 16.2 Å². The molecular weight excluding hydrogens is 254 g/mol. The lowest BCUT2D eigenvalue weighted by Crippen LogP contribution is -2.18. The standard InChI is InChI=1S/C15H17N3S/c1-10-11(2)16-15(19-3)17-14(10)18-8-12-6-4-5-7-13(12)9-18/h4-7H,8-9H2,1-3H3. The van der Waals surface area contributed by atoms with Gasteiger partial charge in [-0.2, -0.15) is 0 Å². The fourth-order valence-electron chi connectivity index (χ4n) is 2.47. The molecule has 3 rings (SSSR count). The van der Waals surface area contributed by atoms with Gasteiger partial charge in [-0.15, -0.1) is 0 Å². The predicted octanol–water partition coefficient (Wildman–Crippen LogP) is 3.34. The van der Waals surface area contributed by atoms with Gasteiger partial charge >= 0.3 is 0 Å². The van der Waals surface area contributed by atoms with Gasteiger partial charge in [0, 0.05) is 24.3 Å². The zero-order valence-corrected chi connectivity index (χ0v) is 12.3. The number of hydrogen-bond acceptors (Lipinski definition) is 4. The zero-order valence-electron chi connectivity index (χ0n) is 11.5. The van der Waals surface area contributed by atoms with Crippen LogP contribution in [0.1, 0.15) is 22.4 Å². The zero-order chi connectivity index (χ0) is 13.4. The van der Waals surface area contributed by atoms with Gasteiger partial charge in [0.1, 0.15) is 5.82 Å². The SMILES string of the molecule is CSc1nc(C)c(C)c(N2Cc3ccccc3C2)n1. The molecule has 0 atom stereocenters. The van der Waals surface area contributed by atoms with E-state index in [0.29, 0.717) is 0 Å². The summed E-state index contributed by atoms with van der Waals surface area (Å²) in [5, 5.41) is 0.856. The van der Waals surface area contributed by atoms with E-state index in [2.05, 4.69) is 48.0 Å². The van der Waals surface area contributed by atoms with E-state index in [1.807, 2.05) is 6.26 Å². The number of hydrogen-bond donors (Lipinski definition) is 0. The number of fused-ring (bicyclic) bond motifs is 1. The van der Waals surface area contributed by atoms with E-state index in [-0.39, 0.29) is 0 Å². The third-order valence-electron chi connectivity index (χ3n) is 3.67. The smallest absolute Gasteiger partial charge is 0.189 e. The van der Waals surface area contributed by atoms with Crippen LogP contribution >= 0.6 is 11.8 Å². The van der Waals surface area contributed by atoms with Crippen LogP contribution in [0.5, 0.6) is 0 Å².